The number of carbonyl (C=O) groups is 1. The van der Waals surface area contributed by atoms with Gasteiger partial charge in [0, 0.05) is 16.7 Å². The molecule has 26 heavy (non-hydrogen) atoms. The average Bonchev–Trinajstić information content (AvgIpc) is 2.67. The van der Waals surface area contributed by atoms with E-state index in [1.165, 1.54) is 0 Å². The Morgan fingerprint density at radius 3 is 1.92 bits per heavy atom. The van der Waals surface area contributed by atoms with Crippen LogP contribution in [0.2, 0.25) is 0 Å². The molecule has 1 atom stereocenters. The maximum atomic E-state index is 13.1. The lowest BCUT2D eigenvalue weighted by molar-refractivity contribution is 0.0554. The summed E-state index contributed by atoms with van der Waals surface area (Å²) in [4.78, 5) is 13.1. The van der Waals surface area contributed by atoms with Crippen LogP contribution in [0.1, 0.15) is 32.6 Å². The third-order valence-electron chi connectivity index (χ3n) is 4.27. The van der Waals surface area contributed by atoms with Gasteiger partial charge >= 0.3 is 0 Å². The molecule has 0 bridgehead atoms. The Kier molecular flexibility index (Phi) is 5.02. The van der Waals surface area contributed by atoms with Crippen LogP contribution in [0.15, 0.2) is 78.9 Å². The summed E-state index contributed by atoms with van der Waals surface area (Å²) in [6, 6.07) is 23.7. The SMILES string of the molecule is Cc1ccc(C(=O)[C@@](O)(C#Cc2ccccc2)c2ccc(C)cc2)cc1. The zero-order valence-electron chi connectivity index (χ0n) is 14.9. The molecule has 2 nitrogen and oxygen atoms in total. The van der Waals surface area contributed by atoms with Gasteiger partial charge in [-0.05, 0) is 31.9 Å². The fraction of sp³-hybridized carbons (Fsp3) is 0.125. The molecule has 0 unspecified atom stereocenters. The minimum Gasteiger partial charge on any atom is -0.367 e. The smallest absolute Gasteiger partial charge is 0.215 e. The predicted octanol–water partition coefficient (Wildman–Crippen LogP) is 4.43. The Hall–Kier alpha value is -3.15. The van der Waals surface area contributed by atoms with Crippen LogP contribution in [0, 0.1) is 25.7 Å². The zero-order valence-corrected chi connectivity index (χ0v) is 14.9. The number of aryl methyl sites for hydroxylation is 2. The Morgan fingerprint density at radius 2 is 1.35 bits per heavy atom. The molecule has 0 heterocycles. The highest BCUT2D eigenvalue weighted by Crippen LogP contribution is 2.26. The Morgan fingerprint density at radius 1 is 0.808 bits per heavy atom. The Balaban J connectivity index is 2.09. The molecule has 3 aromatic rings. The third-order valence-corrected chi connectivity index (χ3v) is 4.27. The monoisotopic (exact) mass is 340 g/mol. The number of benzene rings is 3. The standard InChI is InChI=1S/C24H20O2/c1-18-8-12-21(13-9-18)23(25)24(26,22-14-10-19(2)11-15-22)17-16-20-6-4-3-5-7-20/h3-15,26H,1-2H3/t24-/m1/s1. The highest BCUT2D eigenvalue weighted by Gasteiger charge is 2.36. The van der Waals surface area contributed by atoms with E-state index in [-0.39, 0.29) is 0 Å². The van der Waals surface area contributed by atoms with Gasteiger partial charge in [0.2, 0.25) is 11.4 Å². The number of carbonyl (C=O) groups excluding carboxylic acids is 1. The van der Waals surface area contributed by atoms with Crippen molar-refractivity contribution in [3.05, 3.63) is 107 Å². The fourth-order valence-corrected chi connectivity index (χ4v) is 2.65. The number of Topliss-reactive ketones (excluding diaryl/α,β-unsaturated/α-hetero) is 1. The maximum absolute atomic E-state index is 13.1. The van der Waals surface area contributed by atoms with E-state index in [9.17, 15) is 9.90 Å². The van der Waals surface area contributed by atoms with E-state index in [1.807, 2.05) is 68.4 Å². The molecule has 0 saturated carbocycles. The van der Waals surface area contributed by atoms with Crippen LogP contribution in [-0.2, 0) is 5.60 Å². The van der Waals surface area contributed by atoms with E-state index >= 15 is 0 Å². The van der Waals surface area contributed by atoms with Crippen molar-refractivity contribution < 1.29 is 9.90 Å². The molecule has 0 radical (unpaired) electrons. The molecular formula is C24H20O2. The average molecular weight is 340 g/mol. The van der Waals surface area contributed by atoms with E-state index in [4.69, 9.17) is 0 Å². The summed E-state index contributed by atoms with van der Waals surface area (Å²) in [5, 5.41) is 11.3. The van der Waals surface area contributed by atoms with Gasteiger partial charge in [-0.15, -0.1) is 0 Å². The fourth-order valence-electron chi connectivity index (χ4n) is 2.65. The van der Waals surface area contributed by atoms with Crippen molar-refractivity contribution in [1.29, 1.82) is 0 Å². The first-order valence-corrected chi connectivity index (χ1v) is 8.48. The summed E-state index contributed by atoms with van der Waals surface area (Å²) in [7, 11) is 0. The number of hydrogen-bond donors (Lipinski definition) is 1. The van der Waals surface area contributed by atoms with Gasteiger partial charge in [0.25, 0.3) is 0 Å². The van der Waals surface area contributed by atoms with Gasteiger partial charge in [-0.3, -0.25) is 4.79 Å². The number of ketones is 1. The second-order valence-electron chi connectivity index (χ2n) is 6.39. The molecule has 1 N–H and O–H groups in total. The summed E-state index contributed by atoms with van der Waals surface area (Å²) in [5.41, 5.74) is 1.84. The molecule has 0 aliphatic rings. The van der Waals surface area contributed by atoms with Crippen LogP contribution in [-0.4, -0.2) is 10.9 Å². The Bertz CT molecular complexity index is 959. The molecule has 0 aromatic heterocycles. The highest BCUT2D eigenvalue weighted by atomic mass is 16.3. The van der Waals surface area contributed by atoms with Gasteiger partial charge < -0.3 is 5.11 Å². The predicted molar refractivity (Wildman–Crippen MR) is 104 cm³/mol. The van der Waals surface area contributed by atoms with Crippen molar-refractivity contribution >= 4 is 5.78 Å². The topological polar surface area (TPSA) is 37.3 Å². The maximum Gasteiger partial charge on any atom is 0.215 e. The molecule has 0 spiro atoms. The summed E-state index contributed by atoms with van der Waals surface area (Å²) < 4.78 is 0. The normalized spacial score (nSPS) is 12.6. The first-order chi connectivity index (χ1) is 12.5. The van der Waals surface area contributed by atoms with Gasteiger partial charge in [-0.2, -0.15) is 0 Å². The second-order valence-corrected chi connectivity index (χ2v) is 6.39. The molecule has 2 heteroatoms. The zero-order chi connectivity index (χ0) is 18.6. The van der Waals surface area contributed by atoms with Crippen LogP contribution in [0.5, 0.6) is 0 Å². The van der Waals surface area contributed by atoms with Gasteiger partial charge in [-0.1, -0.05) is 83.8 Å². The van der Waals surface area contributed by atoms with Crippen molar-refractivity contribution in [1.82, 2.24) is 0 Å². The highest BCUT2D eigenvalue weighted by molar-refractivity contribution is 6.05. The molecule has 0 fully saturated rings. The van der Waals surface area contributed by atoms with Gasteiger partial charge in [-0.25, -0.2) is 0 Å². The first-order valence-electron chi connectivity index (χ1n) is 8.48. The van der Waals surface area contributed by atoms with E-state index < -0.39 is 11.4 Å². The molecule has 0 amide bonds. The van der Waals surface area contributed by atoms with Crippen molar-refractivity contribution in [2.24, 2.45) is 0 Å². The third kappa shape index (κ3) is 3.74. The number of hydrogen-bond acceptors (Lipinski definition) is 2. The lowest BCUT2D eigenvalue weighted by atomic mass is 9.85. The van der Waals surface area contributed by atoms with Gasteiger partial charge in [0.05, 0.1) is 0 Å². The number of rotatable bonds is 3. The van der Waals surface area contributed by atoms with Gasteiger partial charge in [0.1, 0.15) is 0 Å². The molecule has 3 aromatic carbocycles. The van der Waals surface area contributed by atoms with Crippen LogP contribution < -0.4 is 0 Å². The largest absolute Gasteiger partial charge is 0.367 e. The van der Waals surface area contributed by atoms with Crippen LogP contribution in [0.25, 0.3) is 0 Å². The minimum absolute atomic E-state index is 0.426. The van der Waals surface area contributed by atoms with E-state index in [1.54, 1.807) is 24.3 Å². The van der Waals surface area contributed by atoms with E-state index in [0.717, 1.165) is 16.7 Å². The van der Waals surface area contributed by atoms with Crippen molar-refractivity contribution in [2.45, 2.75) is 19.4 Å². The molecule has 0 aliphatic heterocycles. The summed E-state index contributed by atoms with van der Waals surface area (Å²) in [6.07, 6.45) is 0. The minimum atomic E-state index is -1.90. The lowest BCUT2D eigenvalue weighted by Gasteiger charge is -2.22. The lowest BCUT2D eigenvalue weighted by Crippen LogP contribution is -2.34. The summed E-state index contributed by atoms with van der Waals surface area (Å²) >= 11 is 0. The quantitative estimate of drug-likeness (QED) is 0.566. The molecule has 3 rings (SSSR count). The summed E-state index contributed by atoms with van der Waals surface area (Å²) in [5.74, 6) is 5.33. The van der Waals surface area contributed by atoms with Crippen LogP contribution in [0.4, 0.5) is 0 Å². The molecule has 128 valence electrons. The van der Waals surface area contributed by atoms with E-state index in [2.05, 4.69) is 11.8 Å². The summed E-state index contributed by atoms with van der Waals surface area (Å²) in [6.45, 7) is 3.91. The van der Waals surface area contributed by atoms with Crippen LogP contribution in [0.3, 0.4) is 0 Å². The Labute approximate surface area is 154 Å². The second kappa shape index (κ2) is 7.39. The van der Waals surface area contributed by atoms with Crippen LogP contribution >= 0.6 is 0 Å². The van der Waals surface area contributed by atoms with Crippen molar-refractivity contribution in [3.63, 3.8) is 0 Å². The van der Waals surface area contributed by atoms with Crippen molar-refractivity contribution in [3.8, 4) is 11.8 Å². The molecular weight excluding hydrogens is 320 g/mol. The molecule has 0 aliphatic carbocycles. The number of aliphatic hydroxyl groups is 1. The van der Waals surface area contributed by atoms with E-state index in [0.29, 0.717) is 11.1 Å². The van der Waals surface area contributed by atoms with Crippen molar-refractivity contribution in [2.75, 3.05) is 0 Å². The molecule has 0 saturated heterocycles. The first kappa shape index (κ1) is 17.7. The van der Waals surface area contributed by atoms with Gasteiger partial charge in [0.15, 0.2) is 0 Å².